The van der Waals surface area contributed by atoms with Gasteiger partial charge in [-0.15, -0.1) is 0 Å². The van der Waals surface area contributed by atoms with Gasteiger partial charge in [-0.3, -0.25) is 4.79 Å². The Hall–Kier alpha value is -0.643. The summed E-state index contributed by atoms with van der Waals surface area (Å²) in [7, 11) is -2.06. The van der Waals surface area contributed by atoms with Crippen LogP contribution < -0.4 is 0 Å². The van der Waals surface area contributed by atoms with E-state index in [1.807, 2.05) is 0 Å². The van der Waals surface area contributed by atoms with Crippen molar-refractivity contribution >= 4 is 19.4 Å². The number of hydrogen-bond acceptors (Lipinski definition) is 2. The fraction of sp³-hybridized carbons (Fsp3) is 0.600. The average molecular weight is 146 g/mol. The second-order valence-electron chi connectivity index (χ2n) is 2.88. The minimum absolute atomic E-state index is 0.609. The Morgan fingerprint density at radius 1 is 1.22 bits per heavy atom. The number of carbonyl (C=O) groups excluding carboxylic acids is 1. The van der Waals surface area contributed by atoms with Crippen molar-refractivity contribution < 1.29 is 14.7 Å². The summed E-state index contributed by atoms with van der Waals surface area (Å²) in [6.07, 6.45) is 0. The molecule has 9 heavy (non-hydrogen) atoms. The lowest BCUT2D eigenvalue weighted by Gasteiger charge is -2.08. The summed E-state index contributed by atoms with van der Waals surface area (Å²) in [4.78, 5) is 20.7. The van der Waals surface area contributed by atoms with Crippen molar-refractivity contribution in [3.8, 4) is 0 Å². The predicted molar refractivity (Wildman–Crippen MR) is 36.0 cm³/mol. The molecule has 52 valence electrons. The quantitative estimate of drug-likeness (QED) is 0.456. The molecule has 0 aromatic rings. The van der Waals surface area contributed by atoms with Gasteiger partial charge < -0.3 is 5.11 Å². The highest BCUT2D eigenvalue weighted by Gasteiger charge is 2.29. The molecule has 0 aromatic carbocycles. The van der Waals surface area contributed by atoms with E-state index in [1.54, 1.807) is 19.6 Å². The van der Waals surface area contributed by atoms with Crippen LogP contribution in [0.3, 0.4) is 0 Å². The molecule has 0 rings (SSSR count). The van der Waals surface area contributed by atoms with Crippen molar-refractivity contribution in [3.05, 3.63) is 0 Å². The lowest BCUT2D eigenvalue weighted by Crippen LogP contribution is -2.38. The molecule has 3 nitrogen and oxygen atoms in total. The van der Waals surface area contributed by atoms with Crippen molar-refractivity contribution in [1.82, 2.24) is 0 Å². The summed E-state index contributed by atoms with van der Waals surface area (Å²) in [5.74, 6) is -1.30. The van der Waals surface area contributed by atoms with Crippen molar-refractivity contribution in [2.45, 2.75) is 19.6 Å². The van der Waals surface area contributed by atoms with Crippen LogP contribution in [0.15, 0.2) is 0 Å². The topological polar surface area (TPSA) is 54.4 Å². The summed E-state index contributed by atoms with van der Waals surface area (Å²) in [5, 5.41) is 7.59. The molecule has 0 radical (unpaired) electrons. The van der Waals surface area contributed by atoms with Crippen LogP contribution in [0.1, 0.15) is 0 Å². The second kappa shape index (κ2) is 2.30. The third kappa shape index (κ3) is 2.41. The zero-order valence-electron chi connectivity index (χ0n) is 5.76. The van der Waals surface area contributed by atoms with Gasteiger partial charge in [0.2, 0.25) is 5.41 Å². The molecule has 0 saturated heterocycles. The van der Waals surface area contributed by atoms with Crippen LogP contribution in [-0.2, 0) is 9.59 Å². The maximum atomic E-state index is 10.6. The van der Waals surface area contributed by atoms with E-state index in [2.05, 4.69) is 0 Å². The summed E-state index contributed by atoms with van der Waals surface area (Å²) in [6.45, 7) is 5.14. The Balaban J connectivity index is 4.23. The van der Waals surface area contributed by atoms with Crippen LogP contribution in [0.2, 0.25) is 19.6 Å². The van der Waals surface area contributed by atoms with Crippen molar-refractivity contribution in [1.29, 1.82) is 0 Å². The zero-order valence-corrected chi connectivity index (χ0v) is 6.76. The molecule has 0 aliphatic heterocycles. The maximum Gasteiger partial charge on any atom is 0.366 e. The maximum absolute atomic E-state index is 10.6. The summed E-state index contributed by atoms with van der Waals surface area (Å²) >= 11 is 0. The van der Waals surface area contributed by atoms with Gasteiger partial charge in [0.15, 0.2) is 0 Å². The highest BCUT2D eigenvalue weighted by molar-refractivity contribution is 7.11. The number of carbonyl (C=O) groups is 2. The lowest BCUT2D eigenvalue weighted by molar-refractivity contribution is -0.145. The molecule has 4 heteroatoms. The highest BCUT2D eigenvalue weighted by atomic mass is 28.3. The molecule has 0 fully saturated rings. The molecule has 1 N–H and O–H groups in total. The molecule has 0 aliphatic carbocycles. The van der Waals surface area contributed by atoms with Crippen LogP contribution >= 0.6 is 0 Å². The zero-order chi connectivity index (χ0) is 7.65. The van der Waals surface area contributed by atoms with Gasteiger partial charge in [0.05, 0.1) is 0 Å². The summed E-state index contributed by atoms with van der Waals surface area (Å²) in [5.41, 5.74) is 0. The van der Waals surface area contributed by atoms with E-state index in [9.17, 15) is 9.59 Å². The monoisotopic (exact) mass is 146 g/mol. The van der Waals surface area contributed by atoms with E-state index in [-0.39, 0.29) is 0 Å². The first-order valence-corrected chi connectivity index (χ1v) is 6.13. The fourth-order valence-corrected chi connectivity index (χ4v) is 0.962. The van der Waals surface area contributed by atoms with Crippen LogP contribution in [0.5, 0.6) is 0 Å². The Bertz CT molecular complexity index is 145. The molecule has 0 unspecified atom stereocenters. The van der Waals surface area contributed by atoms with E-state index >= 15 is 0 Å². The van der Waals surface area contributed by atoms with Crippen LogP contribution in [0, 0.1) is 0 Å². The first-order valence-electron chi connectivity index (χ1n) is 2.63. The molecular formula is C5H10O3Si. The predicted octanol–water partition coefficient (Wildman–Crippen LogP) is 0.517. The molecule has 0 aliphatic rings. The Morgan fingerprint density at radius 2 is 1.56 bits per heavy atom. The number of aliphatic carboxylic acids is 1. The largest absolute Gasteiger partial charge is 0.476 e. The Kier molecular flexibility index (Phi) is 2.14. The Morgan fingerprint density at radius 3 is 1.56 bits per heavy atom. The van der Waals surface area contributed by atoms with E-state index in [4.69, 9.17) is 5.11 Å². The first kappa shape index (κ1) is 8.36. The minimum atomic E-state index is -2.06. The lowest BCUT2D eigenvalue weighted by atomic mass is 10.8. The van der Waals surface area contributed by atoms with Gasteiger partial charge in [0, 0.05) is 0 Å². The molecule has 0 saturated carbocycles. The molecular weight excluding hydrogens is 136 g/mol. The first-order chi connectivity index (χ1) is 3.85. The molecule has 0 spiro atoms. The van der Waals surface area contributed by atoms with Gasteiger partial charge in [-0.2, -0.15) is 0 Å². The highest BCUT2D eigenvalue weighted by Crippen LogP contribution is 2.00. The van der Waals surface area contributed by atoms with E-state index in [0.29, 0.717) is 0 Å². The van der Waals surface area contributed by atoms with Crippen LogP contribution in [-0.4, -0.2) is 24.6 Å². The van der Waals surface area contributed by atoms with Crippen LogP contribution in [0.4, 0.5) is 0 Å². The van der Waals surface area contributed by atoms with E-state index < -0.39 is 19.4 Å². The van der Waals surface area contributed by atoms with Crippen molar-refractivity contribution in [2.75, 3.05) is 0 Å². The molecule has 0 aromatic heterocycles. The summed E-state index contributed by atoms with van der Waals surface area (Å²) in [6, 6.07) is 0. The normalized spacial score (nSPS) is 11.0. The molecule has 0 heterocycles. The van der Waals surface area contributed by atoms with E-state index in [0.717, 1.165) is 0 Å². The number of hydrogen-bond donors (Lipinski definition) is 1. The fourth-order valence-electron chi connectivity index (χ4n) is 0.321. The summed E-state index contributed by atoms with van der Waals surface area (Å²) < 4.78 is 0. The van der Waals surface area contributed by atoms with Gasteiger partial charge in [-0.1, -0.05) is 19.6 Å². The van der Waals surface area contributed by atoms with Gasteiger partial charge in [-0.05, 0) is 0 Å². The van der Waals surface area contributed by atoms with Crippen LogP contribution in [0.25, 0.3) is 0 Å². The minimum Gasteiger partial charge on any atom is -0.476 e. The third-order valence-electron chi connectivity index (χ3n) is 0.875. The number of carboxylic acids is 1. The standard InChI is InChI=1S/C5H10O3Si/c1-9(2,3)5(8)4(6)7/h1-3H3,(H,6,7). The number of rotatable bonds is 2. The van der Waals surface area contributed by atoms with Crippen molar-refractivity contribution in [3.63, 3.8) is 0 Å². The molecule has 0 amide bonds. The molecule has 0 atom stereocenters. The second-order valence-corrected chi connectivity index (χ2v) is 7.84. The van der Waals surface area contributed by atoms with Gasteiger partial charge >= 0.3 is 5.97 Å². The average Bonchev–Trinajstić information content (AvgIpc) is 1.62. The van der Waals surface area contributed by atoms with E-state index in [1.165, 1.54) is 0 Å². The SMILES string of the molecule is C[Si](C)(C)C(=O)C(=O)O. The van der Waals surface area contributed by atoms with Gasteiger partial charge in [0.1, 0.15) is 8.07 Å². The third-order valence-corrected chi connectivity index (χ3v) is 2.45. The number of carboxylic acid groups (broad SMARTS) is 1. The molecule has 0 bridgehead atoms. The van der Waals surface area contributed by atoms with Crippen molar-refractivity contribution in [2.24, 2.45) is 0 Å². The van der Waals surface area contributed by atoms with Gasteiger partial charge in [-0.25, -0.2) is 4.79 Å². The Labute approximate surface area is 54.7 Å². The van der Waals surface area contributed by atoms with Gasteiger partial charge in [0.25, 0.3) is 0 Å². The smallest absolute Gasteiger partial charge is 0.366 e.